The first kappa shape index (κ1) is 11.8. The van der Waals surface area contributed by atoms with Crippen LogP contribution in [-0.2, 0) is 0 Å². The lowest BCUT2D eigenvalue weighted by Crippen LogP contribution is -1.78. The van der Waals surface area contributed by atoms with Crippen LogP contribution < -0.4 is 0 Å². The van der Waals surface area contributed by atoms with E-state index in [-0.39, 0.29) is 0 Å². The lowest BCUT2D eigenvalue weighted by molar-refractivity contribution is 1.30. The van der Waals surface area contributed by atoms with E-state index in [1.807, 2.05) is 30.3 Å². The molecule has 3 heteroatoms. The van der Waals surface area contributed by atoms with Crippen LogP contribution in [-0.4, -0.2) is 11.0 Å². The summed E-state index contributed by atoms with van der Waals surface area (Å²) < 4.78 is 0. The van der Waals surface area contributed by atoms with E-state index >= 15 is 0 Å². The molecule has 0 N–H and O–H groups in total. The molecule has 0 amide bonds. The predicted octanol–water partition coefficient (Wildman–Crippen LogP) is 3.59. The van der Waals surface area contributed by atoms with Crippen LogP contribution in [0.15, 0.2) is 58.8 Å². The molecule has 0 radical (unpaired) electrons. The second-order valence-electron chi connectivity index (χ2n) is 3.43. The molecule has 2 rings (SSSR count). The van der Waals surface area contributed by atoms with Crippen molar-refractivity contribution in [3.8, 4) is 11.8 Å². The highest BCUT2D eigenvalue weighted by atomic mass is 14.8. The Bertz CT molecular complexity index is 642. The average molecular weight is 233 g/mol. The second kappa shape index (κ2) is 6.15. The summed E-state index contributed by atoms with van der Waals surface area (Å²) in [5.74, 6) is 5.76. The smallest absolute Gasteiger partial charge is 0.101 e. The molecule has 0 saturated heterocycles. The van der Waals surface area contributed by atoms with Crippen LogP contribution in [0.25, 0.3) is 0 Å². The van der Waals surface area contributed by atoms with E-state index in [1.165, 1.54) is 0 Å². The van der Waals surface area contributed by atoms with Crippen molar-refractivity contribution in [2.24, 2.45) is 9.98 Å². The van der Waals surface area contributed by atoms with Gasteiger partial charge in [-0.25, -0.2) is 0 Å². The highest BCUT2D eigenvalue weighted by Crippen LogP contribution is 2.15. The third-order valence-corrected chi connectivity index (χ3v) is 2.16. The van der Waals surface area contributed by atoms with E-state index in [9.17, 15) is 0 Å². The normalized spacial score (nSPS) is 8.72. The van der Waals surface area contributed by atoms with Crippen molar-refractivity contribution in [3.05, 3.63) is 54.4 Å². The molecule has 1 heterocycles. The van der Waals surface area contributed by atoms with Gasteiger partial charge in [-0.05, 0) is 25.1 Å². The number of hydrogen-bond acceptors (Lipinski definition) is 3. The van der Waals surface area contributed by atoms with E-state index in [0.29, 0.717) is 0 Å². The highest BCUT2D eigenvalue weighted by Gasteiger charge is 1.95. The molecular weight excluding hydrogens is 222 g/mol. The summed E-state index contributed by atoms with van der Waals surface area (Å²) in [7, 11) is 0. The molecule has 0 bridgehead atoms. The van der Waals surface area contributed by atoms with Crippen molar-refractivity contribution in [2.45, 2.75) is 6.92 Å². The number of aliphatic imine (C=N–C) groups is 2. The molecule has 18 heavy (non-hydrogen) atoms. The van der Waals surface area contributed by atoms with Crippen LogP contribution in [0.2, 0.25) is 0 Å². The Balaban J connectivity index is 2.28. The van der Waals surface area contributed by atoms with E-state index in [2.05, 4.69) is 32.8 Å². The summed E-state index contributed by atoms with van der Waals surface area (Å²) in [5.41, 5.74) is 2.31. The van der Waals surface area contributed by atoms with Gasteiger partial charge < -0.3 is 0 Å². The maximum atomic E-state index is 4.16. The fraction of sp³-hybridized carbons (Fsp3) is 0.0667. The Kier molecular flexibility index (Phi) is 4.02. The van der Waals surface area contributed by atoms with Crippen LogP contribution >= 0.6 is 0 Å². The molecule has 1 aromatic carbocycles. The summed E-state index contributed by atoms with van der Waals surface area (Å²) in [4.78, 5) is 12.3. The Morgan fingerprint density at radius 1 is 1.06 bits per heavy atom. The van der Waals surface area contributed by atoms with Gasteiger partial charge in [0.2, 0.25) is 0 Å². The minimum atomic E-state index is 0.721. The molecule has 86 valence electrons. The molecule has 0 unspecified atom stereocenters. The monoisotopic (exact) mass is 233 g/mol. The number of hydrogen-bond donors (Lipinski definition) is 0. The zero-order valence-electron chi connectivity index (χ0n) is 9.96. The largest absolute Gasteiger partial charge is 0.263 e. The van der Waals surface area contributed by atoms with Gasteiger partial charge in [0, 0.05) is 12.4 Å². The van der Waals surface area contributed by atoms with Crippen LogP contribution in [0.3, 0.4) is 0 Å². The number of benzene rings is 1. The zero-order valence-corrected chi connectivity index (χ0v) is 9.96. The number of nitrogens with zero attached hydrogens (tertiary/aromatic N) is 3. The summed E-state index contributed by atoms with van der Waals surface area (Å²) in [6.07, 6.45) is 3.35. The fourth-order valence-electron chi connectivity index (χ4n) is 1.35. The lowest BCUT2D eigenvalue weighted by atomic mass is 10.2. The first-order valence-corrected chi connectivity index (χ1v) is 5.48. The van der Waals surface area contributed by atoms with Crippen LogP contribution in [0.5, 0.6) is 0 Å². The Hall–Kier alpha value is -2.69. The van der Waals surface area contributed by atoms with Gasteiger partial charge in [0.15, 0.2) is 0 Å². The predicted molar refractivity (Wildman–Crippen MR) is 72.4 cm³/mol. The van der Waals surface area contributed by atoms with E-state index in [0.717, 1.165) is 16.9 Å². The fourth-order valence-corrected chi connectivity index (χ4v) is 1.35. The van der Waals surface area contributed by atoms with Gasteiger partial charge in [-0.15, -0.1) is 5.92 Å². The molecule has 0 aliphatic rings. The maximum absolute atomic E-state index is 4.16. The summed E-state index contributed by atoms with van der Waals surface area (Å²) in [6, 6.07) is 14.0. The Morgan fingerprint density at radius 2 is 1.89 bits per heavy atom. The lowest BCUT2D eigenvalue weighted by Gasteiger charge is -1.93. The van der Waals surface area contributed by atoms with Crippen molar-refractivity contribution in [2.75, 3.05) is 0 Å². The minimum absolute atomic E-state index is 0.721. The van der Waals surface area contributed by atoms with Gasteiger partial charge in [-0.2, -0.15) is 9.98 Å². The zero-order chi connectivity index (χ0) is 12.6. The third kappa shape index (κ3) is 3.15. The number of pyridine rings is 1. The van der Waals surface area contributed by atoms with E-state index in [4.69, 9.17) is 0 Å². The van der Waals surface area contributed by atoms with Gasteiger partial charge in [-0.1, -0.05) is 24.1 Å². The Labute approximate surface area is 106 Å². The van der Waals surface area contributed by atoms with Gasteiger partial charge in [0.25, 0.3) is 0 Å². The van der Waals surface area contributed by atoms with E-state index < -0.39 is 0 Å². The summed E-state index contributed by atoms with van der Waals surface area (Å²) in [6.45, 7) is 1.78. The Morgan fingerprint density at radius 3 is 2.67 bits per heavy atom. The topological polar surface area (TPSA) is 37.6 Å². The summed E-state index contributed by atoms with van der Waals surface area (Å²) in [5, 5.41) is 0. The molecule has 0 spiro atoms. The van der Waals surface area contributed by atoms with Crippen molar-refractivity contribution >= 4 is 17.4 Å². The molecule has 0 atom stereocenters. The van der Waals surface area contributed by atoms with Crippen LogP contribution in [0.4, 0.5) is 11.4 Å². The van der Waals surface area contributed by atoms with Crippen molar-refractivity contribution in [1.29, 1.82) is 0 Å². The number of rotatable bonds is 2. The van der Waals surface area contributed by atoms with Gasteiger partial charge in [-0.3, -0.25) is 4.98 Å². The molecule has 0 aliphatic carbocycles. The SMILES string of the molecule is CC#Cc1cnccc1N=C=Nc1ccccc1. The van der Waals surface area contributed by atoms with Crippen LogP contribution in [0, 0.1) is 11.8 Å². The standard InChI is InChI=1S/C15H11N3/c1-2-6-13-11-16-10-9-15(13)18-12-17-14-7-4-3-5-8-14/h3-5,7-11H,1H3. The second-order valence-corrected chi connectivity index (χ2v) is 3.43. The minimum Gasteiger partial charge on any atom is -0.263 e. The first-order valence-electron chi connectivity index (χ1n) is 5.48. The van der Waals surface area contributed by atoms with Crippen molar-refractivity contribution in [1.82, 2.24) is 4.98 Å². The summed E-state index contributed by atoms with van der Waals surface area (Å²) >= 11 is 0. The van der Waals surface area contributed by atoms with Gasteiger partial charge in [0.1, 0.15) is 6.01 Å². The molecule has 3 nitrogen and oxygen atoms in total. The first-order chi connectivity index (χ1) is 8.90. The van der Waals surface area contributed by atoms with E-state index in [1.54, 1.807) is 25.4 Å². The molecule has 2 aromatic rings. The van der Waals surface area contributed by atoms with Crippen molar-refractivity contribution in [3.63, 3.8) is 0 Å². The molecule has 0 saturated carbocycles. The molecule has 1 aromatic heterocycles. The number of para-hydroxylation sites is 1. The molecule has 0 fully saturated rings. The van der Waals surface area contributed by atoms with Crippen LogP contribution in [0.1, 0.15) is 12.5 Å². The van der Waals surface area contributed by atoms with Crippen molar-refractivity contribution < 1.29 is 0 Å². The molecular formula is C15H11N3. The maximum Gasteiger partial charge on any atom is 0.101 e. The van der Waals surface area contributed by atoms with Gasteiger partial charge in [0.05, 0.1) is 16.9 Å². The highest BCUT2D eigenvalue weighted by molar-refractivity contribution is 5.62. The quantitative estimate of drug-likeness (QED) is 0.577. The number of aromatic nitrogens is 1. The average Bonchev–Trinajstić information content (AvgIpc) is 2.42. The third-order valence-electron chi connectivity index (χ3n) is 2.16. The molecule has 0 aliphatic heterocycles. The van der Waals surface area contributed by atoms with Gasteiger partial charge >= 0.3 is 0 Å².